The highest BCUT2D eigenvalue weighted by atomic mass is 35.5. The van der Waals surface area contributed by atoms with Gasteiger partial charge in [0.05, 0.1) is 33.1 Å². The lowest BCUT2D eigenvalue weighted by Crippen LogP contribution is -2.56. The van der Waals surface area contributed by atoms with Gasteiger partial charge < -0.3 is 15.0 Å². The number of nitrogens with zero attached hydrogens (tertiary/aromatic N) is 3. The third-order valence-corrected chi connectivity index (χ3v) is 8.13. The highest BCUT2D eigenvalue weighted by molar-refractivity contribution is 7.12. The molecule has 2 aromatic rings. The van der Waals surface area contributed by atoms with Gasteiger partial charge in [0.2, 0.25) is 0 Å². The fourth-order valence-corrected chi connectivity index (χ4v) is 5.70. The number of thiophene rings is 1. The molecule has 3 heterocycles. The van der Waals surface area contributed by atoms with Gasteiger partial charge in [0.15, 0.2) is 0 Å². The number of nitrogens with one attached hydrogen (secondary N) is 1. The van der Waals surface area contributed by atoms with Crippen molar-refractivity contribution >= 4 is 52.4 Å². The zero-order chi connectivity index (χ0) is 26.0. The maximum atomic E-state index is 13.2. The number of carbonyl (C=O) groups excluding carboxylic acids is 3. The molecule has 2 aliphatic heterocycles. The second kappa shape index (κ2) is 11.2. The van der Waals surface area contributed by atoms with Crippen molar-refractivity contribution in [1.82, 2.24) is 20.0 Å². The molecule has 0 bridgehead atoms. The summed E-state index contributed by atoms with van der Waals surface area (Å²) in [6.45, 7) is 5.98. The molecule has 0 radical (unpaired) electrons. The second-order valence-corrected chi connectivity index (χ2v) is 10.5. The molecule has 1 saturated heterocycles. The molecule has 8 nitrogen and oxygen atoms in total. The second-order valence-electron chi connectivity index (χ2n) is 8.73. The molecule has 2 aliphatic rings. The van der Waals surface area contributed by atoms with Crippen molar-refractivity contribution in [3.05, 3.63) is 67.5 Å². The summed E-state index contributed by atoms with van der Waals surface area (Å²) in [5, 5.41) is 5.36. The van der Waals surface area contributed by atoms with Crippen molar-refractivity contribution in [3.63, 3.8) is 0 Å². The molecule has 192 valence electrons. The van der Waals surface area contributed by atoms with E-state index in [0.29, 0.717) is 52.9 Å². The Kier molecular flexibility index (Phi) is 8.24. The van der Waals surface area contributed by atoms with Crippen molar-refractivity contribution < 1.29 is 19.1 Å². The van der Waals surface area contributed by atoms with Crippen LogP contribution in [0.3, 0.4) is 0 Å². The molecule has 1 N–H and O–H groups in total. The van der Waals surface area contributed by atoms with Gasteiger partial charge in [-0.3, -0.25) is 14.6 Å². The summed E-state index contributed by atoms with van der Waals surface area (Å²) in [6.07, 6.45) is 0. The van der Waals surface area contributed by atoms with E-state index in [0.717, 1.165) is 0 Å². The van der Waals surface area contributed by atoms with Gasteiger partial charge in [-0.1, -0.05) is 41.4 Å². The van der Waals surface area contributed by atoms with Crippen LogP contribution in [-0.2, 0) is 9.53 Å². The number of halogens is 2. The fourth-order valence-electron chi connectivity index (χ4n) is 4.61. The molecule has 0 saturated carbocycles. The first-order valence-electron chi connectivity index (χ1n) is 11.7. The quantitative estimate of drug-likeness (QED) is 0.538. The van der Waals surface area contributed by atoms with Gasteiger partial charge in [-0.05, 0) is 36.9 Å². The minimum Gasteiger partial charge on any atom is -0.463 e. The van der Waals surface area contributed by atoms with Crippen LogP contribution in [0.25, 0.3) is 0 Å². The summed E-state index contributed by atoms with van der Waals surface area (Å²) in [6, 6.07) is 7.60. The van der Waals surface area contributed by atoms with Gasteiger partial charge in [-0.2, -0.15) is 0 Å². The molecule has 11 heteroatoms. The molecule has 3 amide bonds. The molecule has 0 aliphatic carbocycles. The largest absolute Gasteiger partial charge is 0.463 e. The van der Waals surface area contributed by atoms with Crippen LogP contribution in [0.15, 0.2) is 47.0 Å². The van der Waals surface area contributed by atoms with E-state index in [2.05, 4.69) is 10.2 Å². The maximum absolute atomic E-state index is 13.2. The summed E-state index contributed by atoms with van der Waals surface area (Å²) in [5.74, 6) is -0.506. The standard InChI is InChI=1S/C25H28Cl2N4O4S/c1-4-35-24(33)20-18(29(3)25(34)28-22(20)16-7-5-8-17(26)21(16)27)14-30-10-11-31(15(2)13-30)23(32)19-9-6-12-36-19/h5-9,12,15,22H,4,10-11,13-14H2,1-3H3,(H,28,34)/t15-,22-/m0/s1. The van der Waals surface area contributed by atoms with Crippen LogP contribution < -0.4 is 5.32 Å². The Labute approximate surface area is 224 Å². The molecular weight excluding hydrogens is 523 g/mol. The minimum atomic E-state index is -0.812. The first-order chi connectivity index (χ1) is 17.2. The summed E-state index contributed by atoms with van der Waals surface area (Å²) in [7, 11) is 1.62. The first kappa shape index (κ1) is 26.5. The first-order valence-corrected chi connectivity index (χ1v) is 13.3. The smallest absolute Gasteiger partial charge is 0.338 e. The average molecular weight is 551 g/mol. The third-order valence-electron chi connectivity index (χ3n) is 6.44. The Morgan fingerprint density at radius 3 is 2.64 bits per heavy atom. The van der Waals surface area contributed by atoms with E-state index >= 15 is 0 Å². The highest BCUT2D eigenvalue weighted by Crippen LogP contribution is 2.37. The van der Waals surface area contributed by atoms with Crippen molar-refractivity contribution in [2.45, 2.75) is 25.9 Å². The Morgan fingerprint density at radius 1 is 1.19 bits per heavy atom. The van der Waals surface area contributed by atoms with Gasteiger partial charge in [-0.25, -0.2) is 9.59 Å². The summed E-state index contributed by atoms with van der Waals surface area (Å²) in [5.41, 5.74) is 1.36. The number of esters is 1. The maximum Gasteiger partial charge on any atom is 0.338 e. The monoisotopic (exact) mass is 550 g/mol. The van der Waals surface area contributed by atoms with Crippen LogP contribution in [-0.4, -0.2) is 78.5 Å². The Morgan fingerprint density at radius 2 is 1.97 bits per heavy atom. The predicted octanol–water partition coefficient (Wildman–Crippen LogP) is 4.41. The Hall–Kier alpha value is -2.59. The number of amides is 3. The number of likely N-dealkylation sites (N-methyl/N-ethyl adjacent to an activating group) is 1. The van der Waals surface area contributed by atoms with Crippen LogP contribution in [0.4, 0.5) is 4.79 Å². The van der Waals surface area contributed by atoms with Gasteiger partial charge >= 0.3 is 12.0 Å². The number of hydrogen-bond acceptors (Lipinski definition) is 6. The van der Waals surface area contributed by atoms with E-state index in [-0.39, 0.29) is 29.6 Å². The third kappa shape index (κ3) is 5.25. The number of carbonyl (C=O) groups is 3. The zero-order valence-electron chi connectivity index (χ0n) is 20.3. The van der Waals surface area contributed by atoms with Crippen LogP contribution in [0.1, 0.15) is 35.1 Å². The SMILES string of the molecule is CCOC(=O)C1=C(CN2CCN(C(=O)c3cccs3)[C@@H](C)C2)N(C)C(=O)N[C@H]1c1cccc(Cl)c1Cl. The fraction of sp³-hybridized carbons (Fsp3) is 0.400. The van der Waals surface area contributed by atoms with Gasteiger partial charge in [0.1, 0.15) is 0 Å². The lowest BCUT2D eigenvalue weighted by atomic mass is 9.94. The number of urea groups is 1. The highest BCUT2D eigenvalue weighted by Gasteiger charge is 2.39. The van der Waals surface area contributed by atoms with E-state index in [1.165, 1.54) is 16.2 Å². The van der Waals surface area contributed by atoms with Crippen LogP contribution in [0.2, 0.25) is 10.0 Å². The summed E-state index contributed by atoms with van der Waals surface area (Å²) >= 11 is 14.2. The normalized spacial score (nSPS) is 21.0. The molecule has 0 spiro atoms. The van der Waals surface area contributed by atoms with Crippen molar-refractivity contribution in [2.75, 3.05) is 39.8 Å². The van der Waals surface area contributed by atoms with E-state index in [1.807, 2.05) is 29.3 Å². The molecule has 0 unspecified atom stereocenters. The molecular formula is C25H28Cl2N4O4S. The van der Waals surface area contributed by atoms with E-state index in [9.17, 15) is 14.4 Å². The molecule has 1 fully saturated rings. The summed E-state index contributed by atoms with van der Waals surface area (Å²) < 4.78 is 5.40. The minimum absolute atomic E-state index is 0.0217. The van der Waals surface area contributed by atoms with Crippen LogP contribution in [0.5, 0.6) is 0 Å². The predicted molar refractivity (Wildman–Crippen MR) is 140 cm³/mol. The lowest BCUT2D eigenvalue weighted by molar-refractivity contribution is -0.139. The number of ether oxygens (including phenoxy) is 1. The number of benzene rings is 1. The average Bonchev–Trinajstić information content (AvgIpc) is 3.38. The zero-order valence-corrected chi connectivity index (χ0v) is 22.6. The van der Waals surface area contributed by atoms with Gasteiger partial charge in [0, 0.05) is 45.0 Å². The molecule has 1 aromatic heterocycles. The molecule has 36 heavy (non-hydrogen) atoms. The van der Waals surface area contributed by atoms with E-state index < -0.39 is 12.0 Å². The molecule has 1 aromatic carbocycles. The van der Waals surface area contributed by atoms with Crippen LogP contribution in [0, 0.1) is 0 Å². The number of piperazine rings is 1. The number of rotatable bonds is 6. The number of hydrogen-bond donors (Lipinski definition) is 1. The van der Waals surface area contributed by atoms with Crippen molar-refractivity contribution in [2.24, 2.45) is 0 Å². The van der Waals surface area contributed by atoms with Crippen molar-refractivity contribution in [1.29, 1.82) is 0 Å². The Bertz CT molecular complexity index is 1190. The Balaban J connectivity index is 1.65. The van der Waals surface area contributed by atoms with Gasteiger partial charge in [0.25, 0.3) is 5.91 Å². The molecule has 2 atom stereocenters. The topological polar surface area (TPSA) is 82.2 Å². The summed E-state index contributed by atoms with van der Waals surface area (Å²) in [4.78, 5) is 45.3. The van der Waals surface area contributed by atoms with Gasteiger partial charge in [-0.15, -0.1) is 11.3 Å². The van der Waals surface area contributed by atoms with Crippen LogP contribution >= 0.6 is 34.5 Å². The van der Waals surface area contributed by atoms with E-state index in [1.54, 1.807) is 32.2 Å². The van der Waals surface area contributed by atoms with E-state index in [4.69, 9.17) is 27.9 Å². The molecule has 4 rings (SSSR count). The lowest BCUT2D eigenvalue weighted by Gasteiger charge is -2.42. The van der Waals surface area contributed by atoms with Crippen molar-refractivity contribution in [3.8, 4) is 0 Å².